The molecule has 2 saturated heterocycles. The van der Waals surface area contributed by atoms with E-state index in [0.717, 1.165) is 42.4 Å². The molecule has 2 atom stereocenters. The number of esters is 2. The average Bonchev–Trinajstić information content (AvgIpc) is 1.61. The Labute approximate surface area is 555 Å². The number of hydrogen-bond acceptors (Lipinski definition) is 11. The molecule has 2 amide bonds. The first kappa shape index (κ1) is 68.5. The highest BCUT2D eigenvalue weighted by Crippen LogP contribution is 2.57. The van der Waals surface area contributed by atoms with Crippen molar-refractivity contribution >= 4 is 96.7 Å². The summed E-state index contributed by atoms with van der Waals surface area (Å²) in [6, 6.07) is 44.6. The summed E-state index contributed by atoms with van der Waals surface area (Å²) < 4.78 is 81.3. The number of hydrogen-bond donors (Lipinski definition) is 1. The van der Waals surface area contributed by atoms with Gasteiger partial charge in [0.2, 0.25) is 0 Å². The number of fused-ring (bicyclic) bond motifs is 6. The van der Waals surface area contributed by atoms with Crippen molar-refractivity contribution in [3.05, 3.63) is 223 Å². The molecule has 92 heavy (non-hydrogen) atoms. The van der Waals surface area contributed by atoms with E-state index in [0.29, 0.717) is 63.7 Å². The predicted octanol–water partition coefficient (Wildman–Crippen LogP) is 16.3. The van der Waals surface area contributed by atoms with Crippen molar-refractivity contribution in [2.45, 2.75) is 89.2 Å². The Morgan fingerprint density at radius 2 is 0.859 bits per heavy atom. The van der Waals surface area contributed by atoms with Crippen LogP contribution in [-0.4, -0.2) is 101 Å². The largest absolute Gasteiger partial charge is 0.480 e. The van der Waals surface area contributed by atoms with Crippen molar-refractivity contribution in [1.82, 2.24) is 9.80 Å². The monoisotopic (exact) mass is 1430 g/mol. The van der Waals surface area contributed by atoms with Crippen molar-refractivity contribution in [2.24, 2.45) is 10.8 Å². The summed E-state index contributed by atoms with van der Waals surface area (Å²) in [4.78, 5) is 86.8. The van der Waals surface area contributed by atoms with E-state index in [9.17, 15) is 47.4 Å². The lowest BCUT2D eigenvalue weighted by Gasteiger charge is -2.22. The van der Waals surface area contributed by atoms with Crippen molar-refractivity contribution in [2.75, 3.05) is 32.0 Å². The summed E-state index contributed by atoms with van der Waals surface area (Å²) in [6.45, 7) is 2.32. The molecule has 1 N–H and O–H groups in total. The van der Waals surface area contributed by atoms with Crippen LogP contribution in [0.4, 0.5) is 27.2 Å². The smallest absolute Gasteiger partial charge is 0.410 e. The first-order valence-corrected chi connectivity index (χ1v) is 32.0. The molecule has 22 heteroatoms. The Kier molecular flexibility index (Phi) is 21.8. The first-order valence-electron chi connectivity index (χ1n) is 29.2. The highest BCUT2D eigenvalue weighted by Gasteiger charge is 2.57. The number of alkyl halides is 6. The van der Waals surface area contributed by atoms with E-state index in [1.54, 1.807) is 30.3 Å². The molecule has 6 aliphatic rings. The number of ketones is 2. The lowest BCUT2D eigenvalue weighted by Crippen LogP contribution is -2.42. The lowest BCUT2D eigenvalue weighted by atomic mass is 10.0. The number of carbonyl (C=O) groups excluding carboxylic acids is 6. The molecule has 13 rings (SSSR count). The Morgan fingerprint density at radius 1 is 0.500 bits per heavy atom. The van der Waals surface area contributed by atoms with Crippen LogP contribution in [0.15, 0.2) is 173 Å². The number of halogens is 8. The number of amides is 2. The molecule has 2 saturated carbocycles. The van der Waals surface area contributed by atoms with E-state index < -0.39 is 60.4 Å². The fourth-order valence-electron chi connectivity index (χ4n) is 11.5. The molecule has 0 bridgehead atoms. The minimum Gasteiger partial charge on any atom is -0.480 e. The first-order chi connectivity index (χ1) is 44.0. The van der Waals surface area contributed by atoms with Gasteiger partial charge in [-0.3, -0.25) is 24.2 Å². The van der Waals surface area contributed by atoms with Crippen LogP contribution < -0.4 is 0 Å². The number of aliphatic carboxylic acids is 1. The van der Waals surface area contributed by atoms with Gasteiger partial charge in [0.15, 0.2) is 18.2 Å². The minimum atomic E-state index is -3.26. The average molecular weight is 1430 g/mol. The van der Waals surface area contributed by atoms with Crippen LogP contribution in [0, 0.1) is 10.8 Å². The maximum absolute atomic E-state index is 15.2. The third-order valence-corrected chi connectivity index (χ3v) is 17.9. The molecule has 2 heterocycles. The number of carboxylic acid groups (broad SMARTS) is 1. The van der Waals surface area contributed by atoms with Gasteiger partial charge in [-0.2, -0.15) is 17.6 Å². The van der Waals surface area contributed by atoms with Crippen molar-refractivity contribution in [3.8, 4) is 22.3 Å². The number of carbonyl (C=O) groups is 7. The zero-order valence-electron chi connectivity index (χ0n) is 49.8. The quantitative estimate of drug-likeness (QED) is 0.0380. The Balaban J connectivity index is 0.000000159. The van der Waals surface area contributed by atoms with E-state index in [-0.39, 0.29) is 75.1 Å². The van der Waals surface area contributed by atoms with E-state index in [1.165, 1.54) is 65.6 Å². The maximum atomic E-state index is 15.2. The van der Waals surface area contributed by atoms with Gasteiger partial charge in [-0.25, -0.2) is 19.2 Å². The van der Waals surface area contributed by atoms with Gasteiger partial charge < -0.3 is 24.1 Å². The van der Waals surface area contributed by atoms with Crippen LogP contribution in [0.1, 0.15) is 105 Å². The number of Topliss-reactive ketones (excluding diaryl/α,β-unsaturated/α-hetero) is 2. The van der Waals surface area contributed by atoms with Gasteiger partial charge in [0.25, 0.3) is 11.8 Å². The number of nitrogens with zero attached hydrogens (tertiary/aromatic N) is 2. The molecule has 7 aromatic rings. The van der Waals surface area contributed by atoms with Gasteiger partial charge in [-0.15, -0.1) is 23.2 Å². The van der Waals surface area contributed by atoms with Crippen LogP contribution in [0.2, 0.25) is 0 Å². The van der Waals surface area contributed by atoms with Crippen LogP contribution >= 0.6 is 55.1 Å². The fourth-order valence-corrected chi connectivity index (χ4v) is 12.4. The summed E-state index contributed by atoms with van der Waals surface area (Å²) >= 11 is 16.6. The molecule has 0 unspecified atom stereocenters. The van der Waals surface area contributed by atoms with E-state index in [4.69, 9.17) is 30.5 Å². The van der Waals surface area contributed by atoms with Crippen molar-refractivity contribution in [3.63, 3.8) is 0 Å². The number of ether oxygens (including phenoxy) is 4. The van der Waals surface area contributed by atoms with Crippen LogP contribution in [0.25, 0.3) is 22.3 Å². The van der Waals surface area contributed by atoms with Gasteiger partial charge in [0.1, 0.15) is 31.9 Å². The van der Waals surface area contributed by atoms with Crippen molar-refractivity contribution < 1.29 is 75.2 Å². The third-order valence-electron chi connectivity index (χ3n) is 16.7. The van der Waals surface area contributed by atoms with Gasteiger partial charge in [0.05, 0.1) is 5.88 Å². The molecule has 7 aromatic carbocycles. The van der Waals surface area contributed by atoms with E-state index in [1.807, 2.05) is 91.0 Å². The second kappa shape index (κ2) is 29.4. The number of carboxylic acids is 1. The number of benzene rings is 7. The summed E-state index contributed by atoms with van der Waals surface area (Å²) in [7, 11) is 0. The molecule has 14 nitrogen and oxygen atoms in total. The molecule has 4 fully saturated rings. The molecule has 4 aliphatic carbocycles. The summed E-state index contributed by atoms with van der Waals surface area (Å²) in [6.07, 6.45) is 5.18. The van der Waals surface area contributed by atoms with Crippen molar-refractivity contribution in [1.29, 1.82) is 0 Å². The highest BCUT2D eigenvalue weighted by atomic mass is 79.9. The normalized spacial score (nSPS) is 17.5. The Hall–Kier alpha value is -7.91. The molecular formula is C70H62Br2Cl2F4N2O12. The topological polar surface area (TPSA) is 183 Å². The zero-order valence-corrected chi connectivity index (χ0v) is 54.5. The summed E-state index contributed by atoms with van der Waals surface area (Å²) in [5.41, 5.74) is 4.08. The van der Waals surface area contributed by atoms with Crippen LogP contribution in [-0.2, 0) is 65.0 Å². The van der Waals surface area contributed by atoms with Crippen LogP contribution in [0.3, 0.4) is 0 Å². The lowest BCUT2D eigenvalue weighted by molar-refractivity contribution is -0.147. The predicted molar refractivity (Wildman–Crippen MR) is 344 cm³/mol. The van der Waals surface area contributed by atoms with Gasteiger partial charge in [-0.05, 0) is 125 Å². The molecule has 2 spiro atoms. The standard InChI is InChI=1S/C30H24BrF2NO5.C15H8BrClF2O.C15H17NO4.C9H10O2.CH3Cl/c31-20-7-9-22-21-8-6-19(12-23(21)30(32,33)24(22)13-20)26(35)16-38-27(36)25-14-29(10-11-29)17-34(25)28(37)39-15-18-4-2-1-3-5-18;16-9-2-4-11-10-3-1-8(14(20)7-17)5-12(10)15(18,19)13(11)6-9;17-13(18)12-8-15(6-7-15)10-16(12)14(19)20-9-11-4-2-1-3-5-11;1-8(10)11-7-9-5-3-2-4-6-9;1-2/h1-9,12-13,25H,10-11,14-17H2;1-6H,7H2;1-5,12H,6-10H2,(H,17,18);2-6H,7H2,1H3;1H3/t25-;;12-;;/m0.0../s1. The third kappa shape index (κ3) is 15.9. The molecular weight excluding hydrogens is 1370 g/mol. The minimum absolute atomic E-state index is 0.0253. The Bertz CT molecular complexity index is 3900. The van der Waals surface area contributed by atoms with Gasteiger partial charge in [0, 0.05) is 68.7 Å². The molecule has 0 aromatic heterocycles. The Morgan fingerprint density at radius 3 is 1.24 bits per heavy atom. The molecule has 2 aliphatic heterocycles. The second-order valence-corrected chi connectivity index (χ2v) is 25.1. The van der Waals surface area contributed by atoms with Gasteiger partial charge >= 0.3 is 30.1 Å². The van der Waals surface area contributed by atoms with E-state index in [2.05, 4.69) is 43.5 Å². The SMILES string of the molecule is CC(=O)OCc1ccccc1.CCl.O=C(CCl)c1ccc2c(c1)C(F)(F)c1cc(Br)ccc1-2.O=C(COC(=O)[C@@H]1CC2(CC2)CN1C(=O)OCc1ccccc1)c1ccc2c(c1)C(F)(F)c1cc(Br)ccc1-2.O=C(O)[C@@H]1CC2(CC2)CN1C(=O)OCc1ccccc1. The van der Waals surface area contributed by atoms with Crippen LogP contribution in [0.5, 0.6) is 0 Å². The summed E-state index contributed by atoms with van der Waals surface area (Å²) in [5, 5.41) is 9.23. The highest BCUT2D eigenvalue weighted by molar-refractivity contribution is 9.10. The number of likely N-dealkylation sites (tertiary alicyclic amines) is 2. The van der Waals surface area contributed by atoms with E-state index >= 15 is 8.78 Å². The summed E-state index contributed by atoms with van der Waals surface area (Å²) in [5.74, 6) is -9.42. The molecule has 480 valence electrons. The number of rotatable bonds is 13. The molecule has 0 radical (unpaired) electrons. The zero-order chi connectivity index (χ0) is 66.1. The fraction of sp³-hybridized carbons (Fsp3) is 0.300. The second-order valence-electron chi connectivity index (χ2n) is 23.0. The maximum Gasteiger partial charge on any atom is 0.410 e. The van der Waals surface area contributed by atoms with Gasteiger partial charge in [-0.1, -0.05) is 159 Å².